The molecule has 2 aliphatic heterocycles. The Labute approximate surface area is 342 Å². The molecule has 0 unspecified atom stereocenters. The molecule has 0 radical (unpaired) electrons. The van der Waals surface area contributed by atoms with Crippen LogP contribution in [-0.2, 0) is 40.5 Å². The maximum absolute atomic E-state index is 14.4. The molecule has 0 aromatic carbocycles. The first-order valence-corrected chi connectivity index (χ1v) is 28.1. The van der Waals surface area contributed by atoms with Crippen LogP contribution in [0.2, 0.25) is 22.2 Å². The zero-order valence-electron chi connectivity index (χ0n) is 32.9. The Morgan fingerprint density at radius 3 is 2.28 bits per heavy atom. The van der Waals surface area contributed by atoms with Gasteiger partial charge in [0.15, 0.2) is 17.4 Å². The molecule has 2 bridgehead atoms. The highest BCUT2D eigenvalue weighted by molar-refractivity contribution is 8.44. The van der Waals surface area contributed by atoms with Crippen LogP contribution in [0.4, 0.5) is 5.95 Å². The predicted octanol–water partition coefficient (Wildman–Crippen LogP) is 5.45. The zero-order valence-corrected chi connectivity index (χ0v) is 38.5. The summed E-state index contributed by atoms with van der Waals surface area (Å²) in [7, 11) is -7.11. The van der Waals surface area contributed by atoms with Crippen molar-refractivity contribution in [2.24, 2.45) is 5.92 Å². The second kappa shape index (κ2) is 17.3. The van der Waals surface area contributed by atoms with Crippen LogP contribution in [0.15, 0.2) is 23.4 Å². The minimum absolute atomic E-state index is 0.0770. The molecule has 9 atom stereocenters. The van der Waals surface area contributed by atoms with Gasteiger partial charge in [-0.2, -0.15) is 9.67 Å². The lowest BCUT2D eigenvalue weighted by Gasteiger charge is -2.47. The fourth-order valence-electron chi connectivity index (χ4n) is 7.59. The molecule has 3 fully saturated rings. The van der Waals surface area contributed by atoms with E-state index in [-0.39, 0.29) is 52.3 Å². The Morgan fingerprint density at radius 2 is 1.65 bits per heavy atom. The summed E-state index contributed by atoms with van der Waals surface area (Å²) < 4.78 is 80.8. The number of nitrogens with two attached hydrogens (primary N) is 1. The summed E-state index contributed by atoms with van der Waals surface area (Å²) in [5.74, 6) is -0.417. The van der Waals surface area contributed by atoms with Crippen molar-refractivity contribution in [3.05, 3.63) is 28.9 Å². The van der Waals surface area contributed by atoms with E-state index in [1.54, 1.807) is 6.07 Å². The van der Waals surface area contributed by atoms with E-state index in [4.69, 9.17) is 41.8 Å². The van der Waals surface area contributed by atoms with E-state index in [0.29, 0.717) is 12.3 Å². The average Bonchev–Trinajstić information content (AvgIpc) is 3.80. The predicted molar refractivity (Wildman–Crippen MR) is 218 cm³/mol. The van der Waals surface area contributed by atoms with Crippen molar-refractivity contribution in [1.29, 1.82) is 0 Å². The number of fused-ring (bicyclic) bond motifs is 4. The first-order chi connectivity index (χ1) is 26.6. The van der Waals surface area contributed by atoms with Crippen molar-refractivity contribution in [2.45, 2.75) is 127 Å². The molecule has 26 heteroatoms. The molecule has 3 aliphatic rings. The molecule has 2 saturated heterocycles. The van der Waals surface area contributed by atoms with Gasteiger partial charge >= 0.3 is 30.7 Å². The molecule has 57 heavy (non-hydrogen) atoms. The Hall–Kier alpha value is -1.77. The third kappa shape index (κ3) is 9.59. The SMILES string of the molecule is CC(C)[Si](O)(O[Si](O[C@H]1[C@H]2O[P@](=O)(S)OC[C@H]3C[C@@H](Oc4ccncn4)C[C@@H]3O[P@](=O)(S)OC[C@H]1O[C@H]2n1nnc2c(=O)[nH]c(N)nc21)(C(C)C)C(C)C)C(C)C. The molecule has 1 saturated carbocycles. The van der Waals surface area contributed by atoms with Crippen LogP contribution < -0.4 is 16.0 Å². The van der Waals surface area contributed by atoms with Crippen LogP contribution in [0.5, 0.6) is 5.88 Å². The third-order valence-electron chi connectivity index (χ3n) is 10.6. The second-order valence-corrected chi connectivity index (χ2v) is 30.1. The maximum Gasteiger partial charge on any atom is 0.386 e. The Balaban J connectivity index is 1.43. The van der Waals surface area contributed by atoms with Gasteiger partial charge in [0, 0.05) is 24.6 Å². The minimum atomic E-state index is -4.36. The molecule has 3 aromatic heterocycles. The molecular weight excluding hydrogens is 859 g/mol. The molecule has 318 valence electrons. The lowest BCUT2D eigenvalue weighted by atomic mass is 10.1. The van der Waals surface area contributed by atoms with E-state index in [1.807, 2.05) is 55.4 Å². The number of H-pyrrole nitrogens is 1. The number of anilines is 1. The minimum Gasteiger partial charge on any atom is -0.474 e. The van der Waals surface area contributed by atoms with Gasteiger partial charge in [0.2, 0.25) is 11.8 Å². The fourth-order valence-corrected chi connectivity index (χ4v) is 20.6. The number of aromatic nitrogens is 7. The summed E-state index contributed by atoms with van der Waals surface area (Å²) in [6, 6.07) is 1.60. The number of nitrogens with zero attached hydrogens (tertiary/aromatic N) is 6. The smallest absolute Gasteiger partial charge is 0.386 e. The standard InChI is InChI=1S/C31H52N8O12P2S2Si2/c1-16(2)56(43,17(3)4)51-57(18(5)6,19(7)8)50-26-23-14-45-52(41,54)48-22-12-21(46-24-9-10-33-15-34-24)11-20(22)13-44-53(42,55)49-27(26)30(47-23)39-28-25(37-38-39)29(40)36-31(32)35-28/h9-10,15-23,26-27,30,43H,11-14H2,1-8H3,(H,41,54)(H,42,55)(H3,32,35,36,40)/t20-,21-,22+,23-,26-,27-,30-,52-,53-/m1/s1. The normalized spacial score (nSPS) is 31.8. The summed E-state index contributed by atoms with van der Waals surface area (Å²) in [6.45, 7) is 6.26. The van der Waals surface area contributed by atoms with Crippen molar-refractivity contribution < 1.29 is 50.0 Å². The van der Waals surface area contributed by atoms with Gasteiger partial charge in [-0.1, -0.05) is 85.1 Å². The Kier molecular flexibility index (Phi) is 13.6. The van der Waals surface area contributed by atoms with Crippen LogP contribution in [0.3, 0.4) is 0 Å². The number of rotatable bonds is 11. The van der Waals surface area contributed by atoms with E-state index < -0.39 is 85.5 Å². The number of nitrogens with one attached hydrogen (secondary N) is 1. The van der Waals surface area contributed by atoms with Gasteiger partial charge < -0.3 is 33.1 Å². The summed E-state index contributed by atoms with van der Waals surface area (Å²) >= 11 is 8.78. The van der Waals surface area contributed by atoms with Gasteiger partial charge in [0.05, 0.1) is 19.3 Å². The molecule has 5 heterocycles. The monoisotopic (exact) mass is 910 g/mol. The van der Waals surface area contributed by atoms with Gasteiger partial charge in [-0.3, -0.25) is 23.3 Å². The van der Waals surface area contributed by atoms with Crippen molar-refractivity contribution in [2.75, 3.05) is 18.9 Å². The highest BCUT2D eigenvalue weighted by Crippen LogP contribution is 2.61. The second-order valence-electron chi connectivity index (χ2n) is 15.8. The van der Waals surface area contributed by atoms with E-state index >= 15 is 0 Å². The number of aromatic amines is 1. The number of thiol groups is 2. The Morgan fingerprint density at radius 1 is 0.982 bits per heavy atom. The largest absolute Gasteiger partial charge is 0.474 e. The zero-order chi connectivity index (χ0) is 41.7. The number of nitrogen functional groups attached to an aromatic ring is 1. The molecule has 0 spiro atoms. The van der Waals surface area contributed by atoms with E-state index in [0.717, 1.165) is 4.68 Å². The van der Waals surface area contributed by atoms with Crippen LogP contribution in [0.25, 0.3) is 11.2 Å². The fraction of sp³-hybridized carbons (Fsp3) is 0.742. The number of ether oxygens (including phenoxy) is 2. The lowest BCUT2D eigenvalue weighted by molar-refractivity contribution is -0.0549. The first kappa shape index (κ1) is 44.8. The number of hydrogen-bond donors (Lipinski definition) is 5. The highest BCUT2D eigenvalue weighted by atomic mass is 32.7. The van der Waals surface area contributed by atoms with Crippen LogP contribution in [0.1, 0.15) is 74.5 Å². The quantitative estimate of drug-likeness (QED) is 0.0910. The van der Waals surface area contributed by atoms with Crippen molar-refractivity contribution in [3.63, 3.8) is 0 Å². The van der Waals surface area contributed by atoms with Gasteiger partial charge in [-0.25, -0.2) is 19.1 Å². The molecule has 6 rings (SSSR count). The van der Waals surface area contributed by atoms with Crippen molar-refractivity contribution >= 4 is 72.3 Å². The molecule has 1 aliphatic carbocycles. The molecule has 3 aromatic rings. The van der Waals surface area contributed by atoms with Crippen molar-refractivity contribution in [1.82, 2.24) is 34.9 Å². The van der Waals surface area contributed by atoms with E-state index in [1.165, 1.54) is 12.5 Å². The topological polar surface area (TPSA) is 256 Å². The summed E-state index contributed by atoms with van der Waals surface area (Å²) in [6.07, 6.45) is -2.93. The first-order valence-electron chi connectivity index (χ1n) is 18.7. The molecule has 4 N–H and O–H groups in total. The van der Waals surface area contributed by atoms with Gasteiger partial charge in [0.25, 0.3) is 5.56 Å². The average molecular weight is 911 g/mol. The van der Waals surface area contributed by atoms with E-state index in [9.17, 15) is 18.7 Å². The molecular formula is C31H52N8O12P2S2Si2. The van der Waals surface area contributed by atoms with Crippen LogP contribution in [0, 0.1) is 5.92 Å². The summed E-state index contributed by atoms with van der Waals surface area (Å²) in [5.41, 5.74) is 4.06. The van der Waals surface area contributed by atoms with Gasteiger partial charge in [-0.05, 0) is 28.6 Å². The lowest BCUT2D eigenvalue weighted by Crippen LogP contribution is -2.62. The molecule has 0 amide bonds. The number of hydrogen-bond acceptors (Lipinski definition) is 18. The summed E-state index contributed by atoms with van der Waals surface area (Å²) in [4.78, 5) is 39.7. The molecule has 20 nitrogen and oxygen atoms in total. The van der Waals surface area contributed by atoms with Crippen LogP contribution in [-0.4, -0.2) is 101 Å². The maximum atomic E-state index is 14.4. The Bertz CT molecular complexity index is 2020. The van der Waals surface area contributed by atoms with Gasteiger partial charge in [0.1, 0.15) is 30.7 Å². The van der Waals surface area contributed by atoms with Gasteiger partial charge in [-0.15, -0.1) is 5.10 Å². The summed E-state index contributed by atoms with van der Waals surface area (Å²) in [5, 5.41) is 8.18. The van der Waals surface area contributed by atoms with Crippen molar-refractivity contribution in [3.8, 4) is 5.88 Å². The highest BCUT2D eigenvalue weighted by Gasteiger charge is 2.60. The van der Waals surface area contributed by atoms with E-state index in [2.05, 4.69) is 54.7 Å². The third-order valence-corrected chi connectivity index (χ3v) is 23.6. The van der Waals surface area contributed by atoms with Crippen LogP contribution >= 0.6 is 38.1 Å².